The van der Waals surface area contributed by atoms with E-state index in [2.05, 4.69) is 18.2 Å². The average molecular weight is 685 g/mol. The Morgan fingerprint density at radius 3 is 0.750 bits per heavy atom. The lowest BCUT2D eigenvalue weighted by molar-refractivity contribution is 0.0691. The molecule has 9 heteroatoms. The van der Waals surface area contributed by atoms with Crippen molar-refractivity contribution >= 4 is 51.9 Å². The van der Waals surface area contributed by atoms with Gasteiger partial charge in [0.15, 0.2) is 0 Å². The van der Waals surface area contributed by atoms with E-state index in [-0.39, 0.29) is 0 Å². The van der Waals surface area contributed by atoms with Gasteiger partial charge in [-0.15, -0.1) is 34.0 Å². The van der Waals surface area contributed by atoms with Crippen molar-refractivity contribution in [1.29, 1.82) is 0 Å². The Balaban J connectivity index is 1.26. The normalized spacial score (nSPS) is 11.0. The smallest absolute Gasteiger partial charge is 0.345 e. The minimum Gasteiger partial charge on any atom is -0.477 e. The Labute approximate surface area is 287 Å². The van der Waals surface area contributed by atoms with E-state index in [0.29, 0.717) is 14.6 Å². The predicted molar refractivity (Wildman–Crippen MR) is 194 cm³/mol. The van der Waals surface area contributed by atoms with Gasteiger partial charge in [0.1, 0.15) is 14.6 Å². The molecule has 0 spiro atoms. The van der Waals surface area contributed by atoms with Gasteiger partial charge in [-0.05, 0) is 105 Å². The van der Waals surface area contributed by atoms with E-state index >= 15 is 0 Å². The number of hydrogen-bond donors (Lipinski definition) is 3. The fourth-order valence-electron chi connectivity index (χ4n) is 5.43. The quantitative estimate of drug-likeness (QED) is 0.139. The molecule has 48 heavy (non-hydrogen) atoms. The van der Waals surface area contributed by atoms with E-state index in [4.69, 9.17) is 0 Å². The summed E-state index contributed by atoms with van der Waals surface area (Å²) in [6.45, 7) is 0. The fraction of sp³-hybridized carbons (Fsp3) is 0. The van der Waals surface area contributed by atoms with Crippen LogP contribution in [0, 0.1) is 0 Å². The van der Waals surface area contributed by atoms with Crippen LogP contribution in [-0.4, -0.2) is 33.2 Å². The summed E-state index contributed by atoms with van der Waals surface area (Å²) in [5, 5.41) is 28.0. The molecule has 3 N–H and O–H groups in total. The first-order valence-corrected chi connectivity index (χ1v) is 17.1. The van der Waals surface area contributed by atoms with Crippen molar-refractivity contribution < 1.29 is 29.7 Å². The molecule has 0 radical (unpaired) electrons. The van der Waals surface area contributed by atoms with E-state index in [1.807, 2.05) is 91.0 Å². The van der Waals surface area contributed by atoms with Crippen LogP contribution in [0.5, 0.6) is 0 Å². The van der Waals surface area contributed by atoms with Gasteiger partial charge in [0.25, 0.3) is 0 Å². The fourth-order valence-corrected chi connectivity index (χ4v) is 7.98. The Morgan fingerprint density at radius 2 is 0.542 bits per heavy atom. The van der Waals surface area contributed by atoms with Gasteiger partial charge in [0.2, 0.25) is 0 Å². The second-order valence-electron chi connectivity index (χ2n) is 10.9. The molecule has 7 aromatic rings. The molecular formula is C39H24O6S3. The van der Waals surface area contributed by atoms with Gasteiger partial charge < -0.3 is 15.3 Å². The van der Waals surface area contributed by atoms with Crippen molar-refractivity contribution in [2.45, 2.75) is 0 Å². The van der Waals surface area contributed by atoms with E-state index < -0.39 is 17.9 Å². The predicted octanol–water partition coefficient (Wildman–Crippen LogP) is 11.0. The van der Waals surface area contributed by atoms with Crippen LogP contribution in [0.1, 0.15) is 29.0 Å². The Bertz CT molecular complexity index is 2030. The van der Waals surface area contributed by atoms with Crippen LogP contribution in [0.4, 0.5) is 0 Å². The summed E-state index contributed by atoms with van der Waals surface area (Å²) in [6.07, 6.45) is 0. The molecule has 4 aromatic carbocycles. The molecule has 0 saturated heterocycles. The van der Waals surface area contributed by atoms with Crippen LogP contribution in [0.3, 0.4) is 0 Å². The highest BCUT2D eigenvalue weighted by Gasteiger charge is 2.13. The van der Waals surface area contributed by atoms with Gasteiger partial charge in [-0.2, -0.15) is 0 Å². The van der Waals surface area contributed by atoms with Gasteiger partial charge in [0.05, 0.1) is 0 Å². The third-order valence-electron chi connectivity index (χ3n) is 7.89. The summed E-state index contributed by atoms with van der Waals surface area (Å²) in [6, 6.07) is 41.0. The van der Waals surface area contributed by atoms with Crippen LogP contribution in [0.2, 0.25) is 0 Å². The van der Waals surface area contributed by atoms with E-state index in [1.165, 1.54) is 34.0 Å². The Morgan fingerprint density at radius 1 is 0.312 bits per heavy atom. The summed E-state index contributed by atoms with van der Waals surface area (Å²) < 4.78 is 0. The van der Waals surface area contributed by atoms with Gasteiger partial charge in [0, 0.05) is 14.6 Å². The first-order valence-electron chi connectivity index (χ1n) is 14.7. The molecule has 0 amide bonds. The van der Waals surface area contributed by atoms with Crippen molar-refractivity contribution in [1.82, 2.24) is 0 Å². The summed E-state index contributed by atoms with van der Waals surface area (Å²) in [5.74, 6) is -2.81. The number of carboxylic acid groups (broad SMARTS) is 3. The molecule has 234 valence electrons. The molecule has 0 unspecified atom stereocenters. The van der Waals surface area contributed by atoms with Gasteiger partial charge in [-0.1, -0.05) is 72.8 Å². The number of carboxylic acids is 3. The summed E-state index contributed by atoms with van der Waals surface area (Å²) in [5.41, 5.74) is 8.86. The molecule has 7 rings (SSSR count). The minimum absolute atomic E-state index is 0.297. The lowest BCUT2D eigenvalue weighted by atomic mass is 9.92. The topological polar surface area (TPSA) is 112 Å². The zero-order valence-corrected chi connectivity index (χ0v) is 27.4. The highest BCUT2D eigenvalue weighted by Crippen LogP contribution is 2.37. The number of rotatable bonds is 9. The van der Waals surface area contributed by atoms with Crippen molar-refractivity contribution in [3.05, 3.63) is 142 Å². The maximum Gasteiger partial charge on any atom is 0.345 e. The second-order valence-corrected chi connectivity index (χ2v) is 14.2. The lowest BCUT2D eigenvalue weighted by Gasteiger charge is -2.13. The highest BCUT2D eigenvalue weighted by atomic mass is 32.1. The van der Waals surface area contributed by atoms with E-state index in [0.717, 1.165) is 64.7 Å². The summed E-state index contributed by atoms with van der Waals surface area (Å²) in [7, 11) is 0. The van der Waals surface area contributed by atoms with Crippen LogP contribution < -0.4 is 0 Å². The van der Waals surface area contributed by atoms with E-state index in [9.17, 15) is 29.7 Å². The molecule has 0 aliphatic rings. The van der Waals surface area contributed by atoms with Crippen molar-refractivity contribution in [3.8, 4) is 64.7 Å². The van der Waals surface area contributed by atoms with Crippen molar-refractivity contribution in [2.75, 3.05) is 0 Å². The molecule has 0 bridgehead atoms. The maximum absolute atomic E-state index is 11.4. The second kappa shape index (κ2) is 12.9. The first-order chi connectivity index (χ1) is 23.2. The Hall–Kier alpha value is -5.61. The monoisotopic (exact) mass is 684 g/mol. The number of thiophene rings is 3. The van der Waals surface area contributed by atoms with E-state index in [1.54, 1.807) is 18.2 Å². The van der Waals surface area contributed by atoms with Gasteiger partial charge in [-0.25, -0.2) is 14.4 Å². The molecule has 3 aromatic heterocycles. The number of benzene rings is 4. The number of aromatic carboxylic acids is 3. The zero-order chi connectivity index (χ0) is 33.4. The third-order valence-corrected chi connectivity index (χ3v) is 11.3. The molecule has 3 heterocycles. The SMILES string of the molecule is O=C(O)c1ccc(-c2ccc(-c3cc(-c4ccc(-c5ccc(C(=O)O)s5)cc4)cc(-c4ccc(-c5ccc(C(=O)O)s5)cc4)c3)cc2)s1. The van der Waals surface area contributed by atoms with Crippen LogP contribution in [0.25, 0.3) is 64.7 Å². The average Bonchev–Trinajstić information content (AvgIpc) is 3.90. The van der Waals surface area contributed by atoms with Crippen molar-refractivity contribution in [3.63, 3.8) is 0 Å². The standard InChI is InChI=1S/C39H24O6S3/c40-37(41)34-16-13-31(46-34)25-7-1-22(2-8-25)28-19-29(23-3-9-26(10-4-23)32-14-17-35(47-32)38(42)43)21-30(20-28)24-5-11-27(12-6-24)33-15-18-36(48-33)39(44)45/h1-21H,(H,40,41)(H,42,43)(H,44,45). The molecule has 0 fully saturated rings. The first kappa shape index (κ1) is 31.0. The van der Waals surface area contributed by atoms with Crippen LogP contribution in [-0.2, 0) is 0 Å². The number of carbonyl (C=O) groups is 3. The van der Waals surface area contributed by atoms with Crippen LogP contribution in [0.15, 0.2) is 127 Å². The molecular weight excluding hydrogens is 661 g/mol. The van der Waals surface area contributed by atoms with Crippen molar-refractivity contribution in [2.24, 2.45) is 0 Å². The molecule has 0 atom stereocenters. The van der Waals surface area contributed by atoms with Crippen LogP contribution >= 0.6 is 34.0 Å². The number of hydrogen-bond acceptors (Lipinski definition) is 6. The van der Waals surface area contributed by atoms with Gasteiger partial charge >= 0.3 is 17.9 Å². The third kappa shape index (κ3) is 6.34. The lowest BCUT2D eigenvalue weighted by Crippen LogP contribution is -1.89. The molecule has 0 aliphatic carbocycles. The largest absolute Gasteiger partial charge is 0.477 e. The molecule has 0 saturated carbocycles. The zero-order valence-electron chi connectivity index (χ0n) is 24.9. The summed E-state index contributed by atoms with van der Waals surface area (Å²) in [4.78, 5) is 37.7. The maximum atomic E-state index is 11.4. The Kier molecular flexibility index (Phi) is 8.33. The summed E-state index contributed by atoms with van der Waals surface area (Å²) >= 11 is 3.73. The molecule has 0 aliphatic heterocycles. The highest BCUT2D eigenvalue weighted by molar-refractivity contribution is 7.18. The molecule has 6 nitrogen and oxygen atoms in total. The van der Waals surface area contributed by atoms with Gasteiger partial charge in [-0.3, -0.25) is 0 Å². The minimum atomic E-state index is -0.936.